The van der Waals surface area contributed by atoms with Gasteiger partial charge in [0.25, 0.3) is 0 Å². The lowest BCUT2D eigenvalue weighted by atomic mass is 10.0. The van der Waals surface area contributed by atoms with Crippen LogP contribution in [0.3, 0.4) is 0 Å². The van der Waals surface area contributed by atoms with E-state index in [1.54, 1.807) is 60.7 Å². The van der Waals surface area contributed by atoms with Crippen LogP contribution in [0.4, 0.5) is 0 Å². The van der Waals surface area contributed by atoms with E-state index in [0.29, 0.717) is 49.0 Å². The Balaban J connectivity index is 1.48. The lowest BCUT2D eigenvalue weighted by Gasteiger charge is -2.10. The van der Waals surface area contributed by atoms with E-state index < -0.39 is 5.97 Å². The Morgan fingerprint density at radius 3 is 2.28 bits per heavy atom. The van der Waals surface area contributed by atoms with Crippen molar-refractivity contribution in [3.8, 4) is 17.2 Å². The molecule has 32 heavy (non-hydrogen) atoms. The maximum atomic E-state index is 11.8. The van der Waals surface area contributed by atoms with Crippen LogP contribution >= 0.6 is 34.8 Å². The lowest BCUT2D eigenvalue weighted by molar-refractivity contribution is -0.132. The van der Waals surface area contributed by atoms with Crippen LogP contribution in [0.25, 0.3) is 6.08 Å². The van der Waals surface area contributed by atoms with Crippen molar-refractivity contribution >= 4 is 46.8 Å². The number of ether oxygens (including phenoxy) is 3. The molecule has 0 aliphatic carbocycles. The summed E-state index contributed by atoms with van der Waals surface area (Å²) in [6.07, 6.45) is 1.73. The van der Waals surface area contributed by atoms with Gasteiger partial charge in [-0.1, -0.05) is 53.0 Å². The molecule has 3 aromatic rings. The SMILES string of the molecule is O=C(O)C(=Cc1ccc(OCc2c(Cl)cccc2Cl)cc1)Cc1cc2c(cc1Cl)OCO2. The third-order valence-electron chi connectivity index (χ3n) is 4.86. The smallest absolute Gasteiger partial charge is 0.331 e. The van der Waals surface area contributed by atoms with Crippen LogP contribution in [0.15, 0.2) is 60.2 Å². The number of fused-ring (bicyclic) bond motifs is 1. The zero-order valence-electron chi connectivity index (χ0n) is 16.6. The van der Waals surface area contributed by atoms with E-state index in [1.165, 1.54) is 0 Å². The summed E-state index contributed by atoms with van der Waals surface area (Å²) in [6.45, 7) is 0.338. The highest BCUT2D eigenvalue weighted by Gasteiger charge is 2.19. The van der Waals surface area contributed by atoms with Gasteiger partial charge in [-0.2, -0.15) is 0 Å². The largest absolute Gasteiger partial charge is 0.489 e. The van der Waals surface area contributed by atoms with Crippen LogP contribution in [-0.2, 0) is 17.8 Å². The van der Waals surface area contributed by atoms with E-state index in [4.69, 9.17) is 49.0 Å². The summed E-state index contributed by atoms with van der Waals surface area (Å²) in [6, 6.07) is 15.7. The van der Waals surface area contributed by atoms with Crippen LogP contribution in [0.1, 0.15) is 16.7 Å². The molecular formula is C24H17Cl3O5. The molecule has 0 unspecified atom stereocenters. The molecule has 0 fully saturated rings. The van der Waals surface area contributed by atoms with Gasteiger partial charge in [-0.05, 0) is 47.5 Å². The Bertz CT molecular complexity index is 1170. The molecule has 164 valence electrons. The number of benzene rings is 3. The molecule has 1 aliphatic rings. The Labute approximate surface area is 199 Å². The molecule has 1 heterocycles. The predicted molar refractivity (Wildman–Crippen MR) is 124 cm³/mol. The summed E-state index contributed by atoms with van der Waals surface area (Å²) in [7, 11) is 0. The van der Waals surface area contributed by atoms with Crippen molar-refractivity contribution in [3.05, 3.63) is 91.9 Å². The van der Waals surface area contributed by atoms with Crippen LogP contribution in [0.2, 0.25) is 15.1 Å². The lowest BCUT2D eigenvalue weighted by Crippen LogP contribution is -2.04. The molecule has 0 radical (unpaired) electrons. The van der Waals surface area contributed by atoms with E-state index in [0.717, 1.165) is 0 Å². The fourth-order valence-electron chi connectivity index (χ4n) is 3.18. The predicted octanol–water partition coefficient (Wildman–Crippen LogP) is 6.67. The molecule has 0 spiro atoms. The Kier molecular flexibility index (Phi) is 6.80. The summed E-state index contributed by atoms with van der Waals surface area (Å²) in [5.41, 5.74) is 2.24. The first-order valence-electron chi connectivity index (χ1n) is 9.58. The molecule has 3 aromatic carbocycles. The molecule has 0 saturated heterocycles. The normalized spacial score (nSPS) is 12.7. The number of carbonyl (C=O) groups is 1. The first kappa shape index (κ1) is 22.3. The summed E-state index contributed by atoms with van der Waals surface area (Å²) < 4.78 is 16.4. The second-order valence-electron chi connectivity index (χ2n) is 7.01. The zero-order valence-corrected chi connectivity index (χ0v) is 18.9. The van der Waals surface area contributed by atoms with Crippen LogP contribution < -0.4 is 14.2 Å². The highest BCUT2D eigenvalue weighted by atomic mass is 35.5. The molecule has 0 saturated carbocycles. The second kappa shape index (κ2) is 9.74. The van der Waals surface area contributed by atoms with Gasteiger partial charge in [-0.3, -0.25) is 0 Å². The average Bonchev–Trinajstić information content (AvgIpc) is 3.21. The number of aliphatic carboxylic acids is 1. The quantitative estimate of drug-likeness (QED) is 0.374. The maximum Gasteiger partial charge on any atom is 0.331 e. The van der Waals surface area contributed by atoms with Crippen LogP contribution in [0.5, 0.6) is 17.2 Å². The van der Waals surface area contributed by atoms with Gasteiger partial charge in [0, 0.05) is 38.7 Å². The Morgan fingerprint density at radius 1 is 0.969 bits per heavy atom. The van der Waals surface area contributed by atoms with Crippen molar-refractivity contribution in [1.29, 1.82) is 0 Å². The molecule has 5 nitrogen and oxygen atoms in total. The molecular weight excluding hydrogens is 475 g/mol. The first-order valence-corrected chi connectivity index (χ1v) is 10.7. The molecule has 1 aliphatic heterocycles. The van der Waals surface area contributed by atoms with Crippen LogP contribution in [-0.4, -0.2) is 17.9 Å². The number of hydrogen-bond acceptors (Lipinski definition) is 4. The minimum atomic E-state index is -1.03. The van der Waals surface area contributed by atoms with Crippen molar-refractivity contribution in [2.45, 2.75) is 13.0 Å². The minimum absolute atomic E-state index is 0.119. The maximum absolute atomic E-state index is 11.8. The summed E-state index contributed by atoms with van der Waals surface area (Å²) in [5.74, 6) is 0.670. The van der Waals surface area contributed by atoms with Crippen molar-refractivity contribution < 1.29 is 24.1 Å². The van der Waals surface area contributed by atoms with E-state index in [1.807, 2.05) is 0 Å². The van der Waals surface area contributed by atoms with Gasteiger partial charge < -0.3 is 19.3 Å². The molecule has 8 heteroatoms. The summed E-state index contributed by atoms with van der Waals surface area (Å²) in [5, 5.41) is 11.2. The number of halogens is 3. The zero-order chi connectivity index (χ0) is 22.7. The van der Waals surface area contributed by atoms with Gasteiger partial charge in [0.05, 0.1) is 0 Å². The van der Waals surface area contributed by atoms with Crippen LogP contribution in [0, 0.1) is 0 Å². The van der Waals surface area contributed by atoms with E-state index in [-0.39, 0.29) is 25.4 Å². The van der Waals surface area contributed by atoms with Gasteiger partial charge in [0.1, 0.15) is 12.4 Å². The average molecular weight is 492 g/mol. The van der Waals surface area contributed by atoms with Gasteiger partial charge >= 0.3 is 5.97 Å². The summed E-state index contributed by atoms with van der Waals surface area (Å²) in [4.78, 5) is 11.8. The third kappa shape index (κ3) is 5.13. The minimum Gasteiger partial charge on any atom is -0.489 e. The number of carboxylic acids is 1. The Hall–Kier alpha value is -2.86. The highest BCUT2D eigenvalue weighted by Crippen LogP contribution is 2.37. The topological polar surface area (TPSA) is 65.0 Å². The van der Waals surface area contributed by atoms with Gasteiger partial charge in [0.2, 0.25) is 6.79 Å². The number of hydrogen-bond donors (Lipinski definition) is 1. The van der Waals surface area contributed by atoms with Gasteiger partial charge in [0.15, 0.2) is 11.5 Å². The van der Waals surface area contributed by atoms with E-state index in [2.05, 4.69) is 0 Å². The van der Waals surface area contributed by atoms with Gasteiger partial charge in [-0.25, -0.2) is 4.79 Å². The van der Waals surface area contributed by atoms with E-state index >= 15 is 0 Å². The Morgan fingerprint density at radius 2 is 1.62 bits per heavy atom. The molecule has 0 aromatic heterocycles. The van der Waals surface area contributed by atoms with E-state index in [9.17, 15) is 9.90 Å². The van der Waals surface area contributed by atoms with Crippen molar-refractivity contribution in [1.82, 2.24) is 0 Å². The fraction of sp³-hybridized carbons (Fsp3) is 0.125. The molecule has 0 bridgehead atoms. The monoisotopic (exact) mass is 490 g/mol. The van der Waals surface area contributed by atoms with Crippen molar-refractivity contribution in [2.24, 2.45) is 0 Å². The summed E-state index contributed by atoms with van der Waals surface area (Å²) >= 11 is 18.6. The highest BCUT2D eigenvalue weighted by molar-refractivity contribution is 6.36. The fourth-order valence-corrected chi connectivity index (χ4v) is 3.90. The second-order valence-corrected chi connectivity index (χ2v) is 8.23. The van der Waals surface area contributed by atoms with Crippen molar-refractivity contribution in [3.63, 3.8) is 0 Å². The molecule has 4 rings (SSSR count). The molecule has 0 atom stereocenters. The first-order chi connectivity index (χ1) is 15.4. The third-order valence-corrected chi connectivity index (χ3v) is 5.92. The molecule has 0 amide bonds. The number of rotatable bonds is 7. The molecule has 1 N–H and O–H groups in total. The standard InChI is InChI=1S/C24H17Cl3O5/c25-19-2-1-3-20(26)18(19)12-30-17-6-4-14(5-7-17)8-16(24(28)29)9-15-10-22-23(11-21(15)27)32-13-31-22/h1-8,10-11H,9,12-13H2,(H,28,29). The number of carboxylic acid groups (broad SMARTS) is 1. The van der Waals surface area contributed by atoms with Crippen molar-refractivity contribution in [2.75, 3.05) is 6.79 Å². The van der Waals surface area contributed by atoms with Gasteiger partial charge in [-0.15, -0.1) is 0 Å².